The van der Waals surface area contributed by atoms with E-state index in [1.165, 1.54) is 6.07 Å². The summed E-state index contributed by atoms with van der Waals surface area (Å²) in [6.45, 7) is 5.29. The van der Waals surface area contributed by atoms with E-state index in [0.29, 0.717) is 12.2 Å². The summed E-state index contributed by atoms with van der Waals surface area (Å²) in [5.74, 6) is -0.00898. The van der Waals surface area contributed by atoms with Crippen LogP contribution < -0.4 is 0 Å². The monoisotopic (exact) mass is 282 g/mol. The fourth-order valence-corrected chi connectivity index (χ4v) is 1.71. The van der Waals surface area contributed by atoms with Crippen molar-refractivity contribution in [1.29, 1.82) is 0 Å². The van der Waals surface area contributed by atoms with Gasteiger partial charge in [-0.15, -0.1) is 0 Å². The van der Waals surface area contributed by atoms with Crippen LogP contribution in [-0.4, -0.2) is 48.8 Å². The molecule has 5 heteroatoms. The van der Waals surface area contributed by atoms with Crippen molar-refractivity contribution in [2.45, 2.75) is 32.0 Å². The van der Waals surface area contributed by atoms with Gasteiger partial charge < -0.3 is 24.4 Å². The highest BCUT2D eigenvalue weighted by Gasteiger charge is 2.26. The first-order valence-corrected chi connectivity index (χ1v) is 7.01. The molecule has 0 amide bonds. The Bertz CT molecular complexity index is 401. The van der Waals surface area contributed by atoms with Crippen molar-refractivity contribution in [3.63, 3.8) is 0 Å². The van der Waals surface area contributed by atoms with Gasteiger partial charge in [0.15, 0.2) is 11.5 Å². The molecular weight excluding hydrogens is 260 g/mol. The smallest absolute Gasteiger partial charge is 0.160 e. The van der Waals surface area contributed by atoms with E-state index in [4.69, 9.17) is 19.3 Å². The highest BCUT2D eigenvalue weighted by atomic mass is 16.6. The van der Waals surface area contributed by atoms with Crippen LogP contribution in [0.15, 0.2) is 18.2 Å². The molecule has 112 valence electrons. The zero-order valence-electron chi connectivity index (χ0n) is 11.7. The van der Waals surface area contributed by atoms with E-state index in [1.807, 2.05) is 13.0 Å². The number of rotatable bonds is 6. The Morgan fingerprint density at radius 2 is 1.75 bits per heavy atom. The van der Waals surface area contributed by atoms with Gasteiger partial charge in [-0.1, -0.05) is 25.5 Å². The van der Waals surface area contributed by atoms with Crippen molar-refractivity contribution in [3.05, 3.63) is 23.8 Å². The van der Waals surface area contributed by atoms with Gasteiger partial charge in [0.05, 0.1) is 26.4 Å². The van der Waals surface area contributed by atoms with E-state index in [1.54, 1.807) is 6.07 Å². The number of benzene rings is 1. The number of aryl methyl sites for hydroxylation is 1. The summed E-state index contributed by atoms with van der Waals surface area (Å²) in [5, 5.41) is 18.4. The van der Waals surface area contributed by atoms with E-state index >= 15 is 0 Å². The van der Waals surface area contributed by atoms with Gasteiger partial charge in [-0.2, -0.15) is 0 Å². The maximum absolute atomic E-state index is 9.28. The van der Waals surface area contributed by atoms with Crippen LogP contribution in [0.1, 0.15) is 18.9 Å². The molecule has 1 aromatic rings. The van der Waals surface area contributed by atoms with Crippen LogP contribution in [0.3, 0.4) is 0 Å². The van der Waals surface area contributed by atoms with Crippen LogP contribution in [0.25, 0.3) is 0 Å². The highest BCUT2D eigenvalue weighted by Crippen LogP contribution is 2.28. The maximum Gasteiger partial charge on any atom is 0.160 e. The maximum atomic E-state index is 9.28. The minimum Gasteiger partial charge on any atom is -0.504 e. The van der Waals surface area contributed by atoms with Gasteiger partial charge in [0.25, 0.3) is 0 Å². The Morgan fingerprint density at radius 1 is 1.15 bits per heavy atom. The minimum absolute atomic E-state index is 0.0225. The Labute approximate surface area is 119 Å². The van der Waals surface area contributed by atoms with Crippen LogP contribution in [0, 0.1) is 0 Å². The molecule has 5 nitrogen and oxygen atoms in total. The summed E-state index contributed by atoms with van der Waals surface area (Å²) in [6, 6.07) is 5.03. The topological polar surface area (TPSA) is 74.8 Å². The summed E-state index contributed by atoms with van der Waals surface area (Å²) in [6.07, 6.45) is 2.56. The summed E-state index contributed by atoms with van der Waals surface area (Å²) < 4.78 is 15.1. The van der Waals surface area contributed by atoms with Crippen molar-refractivity contribution in [3.8, 4) is 11.5 Å². The summed E-state index contributed by atoms with van der Waals surface area (Å²) in [5.41, 5.74) is 0.813. The van der Waals surface area contributed by atoms with Crippen molar-refractivity contribution in [2.24, 2.45) is 0 Å². The minimum atomic E-state index is -0.0315. The molecule has 0 aromatic heterocycles. The molecule has 2 unspecified atom stereocenters. The molecule has 2 aliphatic heterocycles. The molecule has 20 heavy (non-hydrogen) atoms. The van der Waals surface area contributed by atoms with Crippen molar-refractivity contribution in [1.82, 2.24) is 0 Å². The van der Waals surface area contributed by atoms with Crippen LogP contribution in [-0.2, 0) is 20.6 Å². The van der Waals surface area contributed by atoms with Crippen LogP contribution in [0.5, 0.6) is 11.5 Å². The number of phenolic OH excluding ortho intramolecular Hbond substituents is 2. The second kappa shape index (κ2) is 7.47. The second-order valence-electron chi connectivity index (χ2n) is 4.98. The predicted molar refractivity (Wildman–Crippen MR) is 74.1 cm³/mol. The number of hydrogen-bond acceptors (Lipinski definition) is 5. The van der Waals surface area contributed by atoms with E-state index in [9.17, 15) is 5.11 Å². The standard InChI is InChI=1S/C9H12O2.C6H10O3/c1-2-4-7-5-3-6-8(10)9(7)11;1(5-3-8-5)7-2-6-4-9-6/h3,5-6,10-11H,2,4H2,1H3;5-6H,1-4H2. The van der Waals surface area contributed by atoms with E-state index in [2.05, 4.69) is 0 Å². The quantitative estimate of drug-likeness (QED) is 0.615. The van der Waals surface area contributed by atoms with E-state index in [0.717, 1.165) is 44.8 Å². The third-order valence-electron chi connectivity index (χ3n) is 3.03. The number of hydrogen-bond donors (Lipinski definition) is 2. The van der Waals surface area contributed by atoms with E-state index in [-0.39, 0.29) is 11.5 Å². The van der Waals surface area contributed by atoms with Gasteiger partial charge in [0, 0.05) is 0 Å². The fourth-order valence-electron chi connectivity index (χ4n) is 1.71. The molecule has 2 aliphatic rings. The summed E-state index contributed by atoms with van der Waals surface area (Å²) >= 11 is 0. The van der Waals surface area contributed by atoms with Crippen molar-refractivity contribution < 1.29 is 24.4 Å². The van der Waals surface area contributed by atoms with Crippen molar-refractivity contribution >= 4 is 0 Å². The molecule has 2 N–H and O–H groups in total. The molecule has 0 aliphatic carbocycles. The van der Waals surface area contributed by atoms with Gasteiger partial charge in [0.2, 0.25) is 0 Å². The second-order valence-corrected chi connectivity index (χ2v) is 4.98. The summed E-state index contributed by atoms with van der Waals surface area (Å²) in [4.78, 5) is 0. The molecule has 0 radical (unpaired) electrons. The molecule has 0 saturated carbocycles. The zero-order chi connectivity index (χ0) is 14.4. The Kier molecular flexibility index (Phi) is 5.64. The average molecular weight is 282 g/mol. The number of aromatic hydroxyl groups is 2. The first kappa shape index (κ1) is 15.1. The highest BCUT2D eigenvalue weighted by molar-refractivity contribution is 5.44. The largest absolute Gasteiger partial charge is 0.504 e. The lowest BCUT2D eigenvalue weighted by molar-refractivity contribution is 0.102. The van der Waals surface area contributed by atoms with Crippen LogP contribution in [0.4, 0.5) is 0 Å². The van der Waals surface area contributed by atoms with E-state index < -0.39 is 0 Å². The van der Waals surface area contributed by atoms with Crippen LogP contribution in [0.2, 0.25) is 0 Å². The SMILES string of the molecule is C(OCC1CO1)C1CO1.CCCc1cccc(O)c1O. The first-order valence-electron chi connectivity index (χ1n) is 7.01. The molecule has 2 atom stereocenters. The Balaban J connectivity index is 0.000000149. The normalized spacial score (nSPS) is 22.9. The molecule has 1 aromatic carbocycles. The van der Waals surface area contributed by atoms with Gasteiger partial charge >= 0.3 is 0 Å². The van der Waals surface area contributed by atoms with Crippen LogP contribution >= 0.6 is 0 Å². The predicted octanol–water partition coefficient (Wildman–Crippen LogP) is 1.85. The molecular formula is C15H22O5. The molecule has 2 saturated heterocycles. The number of phenols is 2. The van der Waals surface area contributed by atoms with Gasteiger partial charge in [-0.3, -0.25) is 0 Å². The lowest BCUT2D eigenvalue weighted by Crippen LogP contribution is -2.06. The number of para-hydroxylation sites is 1. The lowest BCUT2D eigenvalue weighted by Gasteiger charge is -2.03. The van der Waals surface area contributed by atoms with Gasteiger partial charge in [-0.05, 0) is 18.1 Å². The molecule has 0 bridgehead atoms. The van der Waals surface area contributed by atoms with Gasteiger partial charge in [-0.25, -0.2) is 0 Å². The van der Waals surface area contributed by atoms with Crippen molar-refractivity contribution in [2.75, 3.05) is 26.4 Å². The fraction of sp³-hybridized carbons (Fsp3) is 0.600. The molecule has 2 heterocycles. The lowest BCUT2D eigenvalue weighted by atomic mass is 10.1. The Morgan fingerprint density at radius 3 is 2.25 bits per heavy atom. The number of ether oxygens (including phenoxy) is 3. The molecule has 3 rings (SSSR count). The van der Waals surface area contributed by atoms with Gasteiger partial charge in [0.1, 0.15) is 12.2 Å². The Hall–Kier alpha value is -1.30. The average Bonchev–Trinajstić information content (AvgIpc) is 3.30. The summed E-state index contributed by atoms with van der Waals surface area (Å²) in [7, 11) is 0. The first-order chi connectivity index (χ1) is 9.70. The molecule has 2 fully saturated rings. The third kappa shape index (κ3) is 5.36. The number of epoxide rings is 2. The molecule has 0 spiro atoms. The third-order valence-corrected chi connectivity index (χ3v) is 3.03. The zero-order valence-corrected chi connectivity index (χ0v) is 11.7.